The number of carbonyl (C=O) groups excluding carboxylic acids is 6. The Morgan fingerprint density at radius 1 is 0.443 bits per heavy atom. The van der Waals surface area contributed by atoms with Gasteiger partial charge in [0, 0.05) is 65.6 Å². The Morgan fingerprint density at radius 3 is 1.15 bits per heavy atom. The highest BCUT2D eigenvalue weighted by Crippen LogP contribution is 2.42. The smallest absolute Gasteiger partial charge is 0.447 e. The number of carbonyl (C=O) groups is 6. The summed E-state index contributed by atoms with van der Waals surface area (Å²) in [6.45, 7) is -1.07. The quantitative estimate of drug-likeness (QED) is 0.0198. The SMILES string of the molecule is O=C1NCCN1c1ccc(-c2ccc(N3C[C@H](COP(=O)(O)O)OC3=O)c(F)c2F)cn1.O=C1OCCN1c1ccc(-c2c(F)cc(N3C[C@H](COP(=O)(O)O)OC3=O)c(F)c2F)cn1.O=C1OCCN1c1ccc(-c2ccc(N3C[C@H](COP(=O)(O)O)OC3=O)c(F)c2F)cn1. The summed E-state index contributed by atoms with van der Waals surface area (Å²) in [4.78, 5) is 142. The number of phosphoric acid groups is 3. The number of aromatic nitrogens is 3. The maximum atomic E-state index is 14.8. The van der Waals surface area contributed by atoms with Crippen molar-refractivity contribution in [2.45, 2.75) is 18.3 Å². The van der Waals surface area contributed by atoms with Crippen LogP contribution in [0.2, 0.25) is 0 Å². The number of amides is 7. The first-order valence-corrected chi connectivity index (χ1v) is 32.4. The zero-order chi connectivity index (χ0) is 70.0. The van der Waals surface area contributed by atoms with Crippen molar-refractivity contribution in [1.82, 2.24) is 20.3 Å². The van der Waals surface area contributed by atoms with Gasteiger partial charge >= 0.3 is 60.0 Å². The van der Waals surface area contributed by atoms with Crippen molar-refractivity contribution < 1.29 is 140 Å². The Balaban J connectivity index is 0.000000158. The van der Waals surface area contributed by atoms with Gasteiger partial charge in [-0.3, -0.25) is 43.0 Å². The van der Waals surface area contributed by atoms with E-state index in [0.717, 1.165) is 16.0 Å². The zero-order valence-electron chi connectivity index (χ0n) is 48.9. The van der Waals surface area contributed by atoms with Crippen molar-refractivity contribution in [3.63, 3.8) is 0 Å². The minimum Gasteiger partial charge on any atom is -0.447 e. The number of rotatable bonds is 18. The van der Waals surface area contributed by atoms with Gasteiger partial charge in [-0.1, -0.05) is 0 Å². The number of phosphoric ester groups is 3. The highest BCUT2D eigenvalue weighted by molar-refractivity contribution is 7.46. The van der Waals surface area contributed by atoms with Crippen LogP contribution in [-0.4, -0.2) is 178 Å². The third kappa shape index (κ3) is 16.4. The summed E-state index contributed by atoms with van der Waals surface area (Å²) >= 11 is 0. The molecule has 0 unspecified atom stereocenters. The summed E-state index contributed by atoms with van der Waals surface area (Å²) in [6.07, 6.45) is -4.09. The van der Waals surface area contributed by atoms with Crippen LogP contribution in [0.25, 0.3) is 33.4 Å². The maximum absolute atomic E-state index is 14.8. The van der Waals surface area contributed by atoms with E-state index < -0.39 is 162 Å². The Hall–Kier alpha value is -9.43. The van der Waals surface area contributed by atoms with Gasteiger partial charge in [-0.05, 0) is 60.7 Å². The van der Waals surface area contributed by atoms with Gasteiger partial charge in [0.1, 0.15) is 54.8 Å². The average molecular weight is 1430 g/mol. The minimum absolute atomic E-state index is 0.106. The van der Waals surface area contributed by atoms with Gasteiger partial charge in [0.25, 0.3) is 0 Å². The van der Waals surface area contributed by atoms with Gasteiger partial charge < -0.3 is 58.4 Å². The molecule has 6 aliphatic heterocycles. The third-order valence-electron chi connectivity index (χ3n) is 14.4. The summed E-state index contributed by atoms with van der Waals surface area (Å²) in [7, 11) is -14.4. The lowest BCUT2D eigenvalue weighted by Crippen LogP contribution is -2.28. The van der Waals surface area contributed by atoms with Gasteiger partial charge in [-0.25, -0.2) is 88.1 Å². The number of hydrogen-bond donors (Lipinski definition) is 7. The summed E-state index contributed by atoms with van der Waals surface area (Å²) in [5.74, 6) is -8.58. The number of ether oxygens (including phenoxy) is 5. The minimum atomic E-state index is -4.85. The van der Waals surface area contributed by atoms with Gasteiger partial charge in [0.15, 0.2) is 34.9 Å². The summed E-state index contributed by atoms with van der Waals surface area (Å²) in [5, 5.41) is 2.63. The molecule has 7 amide bonds. The molecule has 12 rings (SSSR count). The fraction of sp³-hybridized carbons (Fsp3) is 0.278. The van der Waals surface area contributed by atoms with E-state index >= 15 is 0 Å². The molecule has 3 aromatic heterocycles. The number of halogens is 7. The second-order valence-electron chi connectivity index (χ2n) is 20.7. The standard InChI is InChI=1S/C18H15F3N3O8P.C18H17F2N4O7P.C18H16F2N3O8P/c19-11-5-12(24-7-10(32-18(24)26)8-31-33(27,28)29)15(20)16(21)14(11)9-1-2-13(22-6-9)23-3-4-30-17(23)25;19-15-12(10-1-4-14(22-7-10)23-6-5-21-17(23)25)2-3-13(16(15)20)24-8-11(31-18(24)26)9-30-32(27,28)29;19-15-12(10-1-4-14(21-7-10)22-5-6-29-17(22)24)2-3-13(16(15)20)23-8-11(31-18(23)25)9-30-32(26,27)28/h1-2,5-6,10H,3-4,7-8H2,(H2,27,28,29);1-4,7,11H,5-6,8-9H2,(H,21,25)(H2,27,28,29);1-4,7,11H,5-6,8-9H2,(H2,26,27,28)/t10-;2*11-/m111/s1. The van der Waals surface area contributed by atoms with E-state index in [0.29, 0.717) is 42.2 Å². The fourth-order valence-corrected chi connectivity index (χ4v) is 11.0. The largest absolute Gasteiger partial charge is 0.469 e. The third-order valence-corrected chi connectivity index (χ3v) is 15.9. The molecule has 0 spiro atoms. The number of pyridine rings is 3. The predicted molar refractivity (Wildman–Crippen MR) is 314 cm³/mol. The van der Waals surface area contributed by atoms with Gasteiger partial charge in [0.2, 0.25) is 0 Å². The lowest BCUT2D eigenvalue weighted by Gasteiger charge is -2.17. The topological polar surface area (TPSA) is 419 Å². The normalized spacial score (nSPS) is 18.8. The first-order valence-electron chi connectivity index (χ1n) is 27.8. The molecule has 43 heteroatoms. The lowest BCUT2D eigenvalue weighted by molar-refractivity contribution is 0.0880. The number of cyclic esters (lactones) is 5. The Labute approximate surface area is 539 Å². The van der Waals surface area contributed by atoms with Gasteiger partial charge in [-0.2, -0.15) is 0 Å². The summed E-state index contributed by atoms with van der Waals surface area (Å²) in [6, 6.07) is 13.7. The monoisotopic (exact) mass is 1430 g/mol. The van der Waals surface area contributed by atoms with E-state index in [1.54, 1.807) is 0 Å². The van der Waals surface area contributed by atoms with Crippen LogP contribution in [0.15, 0.2) is 85.3 Å². The number of nitrogens with one attached hydrogen (secondary N) is 1. The zero-order valence-corrected chi connectivity index (χ0v) is 51.6. The van der Waals surface area contributed by atoms with E-state index in [4.69, 9.17) is 53.0 Å². The highest BCUT2D eigenvalue weighted by atomic mass is 31.2. The maximum Gasteiger partial charge on any atom is 0.469 e. The Kier molecular flexibility index (Phi) is 20.8. The number of nitrogens with zero attached hydrogens (tertiary/aromatic N) is 9. The van der Waals surface area contributed by atoms with Crippen LogP contribution >= 0.6 is 23.5 Å². The molecule has 33 nitrogen and oxygen atoms in total. The molecule has 3 atom stereocenters. The van der Waals surface area contributed by atoms with E-state index in [1.807, 2.05) is 0 Å². The molecule has 97 heavy (non-hydrogen) atoms. The number of anilines is 6. The van der Waals surface area contributed by atoms with Crippen molar-refractivity contribution in [3.8, 4) is 33.4 Å². The second-order valence-corrected chi connectivity index (χ2v) is 24.5. The first-order chi connectivity index (χ1) is 45.8. The summed E-state index contributed by atoms with van der Waals surface area (Å²) in [5.41, 5.74) is -2.16. The lowest BCUT2D eigenvalue weighted by atomic mass is 10.0. The molecule has 9 heterocycles. The molecule has 0 aliphatic carbocycles. The van der Waals surface area contributed by atoms with Gasteiger partial charge in [-0.15, -0.1) is 0 Å². The molecule has 6 aromatic rings. The molecule has 0 saturated carbocycles. The van der Waals surface area contributed by atoms with E-state index in [2.05, 4.69) is 33.8 Å². The molecule has 3 aromatic carbocycles. The Bertz CT molecular complexity index is 4050. The molecule has 6 aliphatic rings. The van der Waals surface area contributed by atoms with Crippen molar-refractivity contribution in [3.05, 3.63) is 126 Å². The molecule has 0 radical (unpaired) electrons. The van der Waals surface area contributed by atoms with Crippen LogP contribution in [0.5, 0.6) is 0 Å². The van der Waals surface area contributed by atoms with Gasteiger partial charge in [0.05, 0.1) is 75.2 Å². The van der Waals surface area contributed by atoms with Crippen molar-refractivity contribution in [1.29, 1.82) is 0 Å². The Morgan fingerprint density at radius 2 is 0.814 bits per heavy atom. The fourth-order valence-electron chi connectivity index (χ4n) is 9.94. The van der Waals surface area contributed by atoms with E-state index in [1.165, 1.54) is 87.8 Å². The van der Waals surface area contributed by atoms with Crippen LogP contribution in [0, 0.1) is 40.7 Å². The molecule has 0 bridgehead atoms. The molecular formula is C54H48F7N10O23P3. The highest BCUT2D eigenvalue weighted by Gasteiger charge is 2.41. The van der Waals surface area contributed by atoms with Crippen LogP contribution in [0.3, 0.4) is 0 Å². The van der Waals surface area contributed by atoms with Crippen molar-refractivity contribution in [2.75, 3.05) is 108 Å². The second kappa shape index (κ2) is 28.7. The van der Waals surface area contributed by atoms with Crippen molar-refractivity contribution in [2.24, 2.45) is 0 Å². The molecule has 6 saturated heterocycles. The van der Waals surface area contributed by atoms with Crippen LogP contribution in [0.4, 0.5) is 94.0 Å². The average Bonchev–Trinajstić information content (AvgIpc) is 1.78. The molecule has 6 fully saturated rings. The van der Waals surface area contributed by atoms with Crippen LogP contribution in [0.1, 0.15) is 0 Å². The summed E-state index contributed by atoms with van der Waals surface area (Å²) < 4.78 is 173. The van der Waals surface area contributed by atoms with Crippen LogP contribution < -0.4 is 34.7 Å². The number of urea groups is 1. The predicted octanol–water partition coefficient (Wildman–Crippen LogP) is 6.97. The van der Waals surface area contributed by atoms with E-state index in [9.17, 15) is 73.2 Å². The molecular weight excluding hydrogens is 1380 g/mol. The molecule has 7 N–H and O–H groups in total. The first kappa shape index (κ1) is 70.4. The molecule has 516 valence electrons. The van der Waals surface area contributed by atoms with E-state index in [-0.39, 0.29) is 72.5 Å². The van der Waals surface area contributed by atoms with Crippen LogP contribution in [-0.2, 0) is 51.0 Å². The number of hydrogen-bond acceptors (Lipinski definition) is 20. The van der Waals surface area contributed by atoms with Crippen molar-refractivity contribution >= 4 is 94.5 Å². The number of benzene rings is 3.